The first-order valence-corrected chi connectivity index (χ1v) is 6.25. The van der Waals surface area contributed by atoms with Crippen LogP contribution in [0.3, 0.4) is 0 Å². The molecule has 19 heavy (non-hydrogen) atoms. The lowest BCUT2D eigenvalue weighted by atomic mass is 10.0. The lowest BCUT2D eigenvalue weighted by Crippen LogP contribution is -2.11. The molecule has 0 amide bonds. The van der Waals surface area contributed by atoms with Crippen LogP contribution in [0.25, 0.3) is 0 Å². The van der Waals surface area contributed by atoms with Crippen molar-refractivity contribution in [1.29, 1.82) is 0 Å². The maximum Gasteiger partial charge on any atom is 0.203 e. The monoisotopic (exact) mass is 287 g/mol. The average molecular weight is 288 g/mol. The second kappa shape index (κ2) is 6.87. The summed E-state index contributed by atoms with van der Waals surface area (Å²) in [6.07, 6.45) is 3.63. The second-order valence-corrected chi connectivity index (χ2v) is 4.74. The zero-order valence-electron chi connectivity index (χ0n) is 11.6. The van der Waals surface area contributed by atoms with Gasteiger partial charge in [0.1, 0.15) is 0 Å². The highest BCUT2D eigenvalue weighted by molar-refractivity contribution is 5.85. The minimum atomic E-state index is 0. The lowest BCUT2D eigenvalue weighted by molar-refractivity contribution is 0.323. The first-order chi connectivity index (χ1) is 8.69. The van der Waals surface area contributed by atoms with Gasteiger partial charge in [0.2, 0.25) is 5.75 Å². The molecule has 0 unspecified atom stereocenters. The zero-order valence-corrected chi connectivity index (χ0v) is 12.5. The second-order valence-electron chi connectivity index (χ2n) is 4.74. The van der Waals surface area contributed by atoms with Gasteiger partial charge in [-0.25, -0.2) is 0 Å². The maximum absolute atomic E-state index is 6.22. The van der Waals surface area contributed by atoms with E-state index in [1.54, 1.807) is 21.3 Å². The van der Waals surface area contributed by atoms with Crippen LogP contribution < -0.4 is 19.9 Å². The lowest BCUT2D eigenvalue weighted by Gasteiger charge is -2.17. The van der Waals surface area contributed by atoms with E-state index in [1.807, 2.05) is 12.1 Å². The molecule has 1 aromatic rings. The Morgan fingerprint density at radius 3 is 2.00 bits per heavy atom. The molecule has 0 aromatic heterocycles. The summed E-state index contributed by atoms with van der Waals surface area (Å²) in [6, 6.07) is 3.91. The SMILES string of the molecule is COc1cc([C@H](N)CC2CC2)cc(OC)c1OC.Cl. The molecule has 1 atom stereocenters. The van der Waals surface area contributed by atoms with Crippen molar-refractivity contribution in [2.75, 3.05) is 21.3 Å². The van der Waals surface area contributed by atoms with Gasteiger partial charge in [-0.15, -0.1) is 12.4 Å². The van der Waals surface area contributed by atoms with Crippen LogP contribution in [0.15, 0.2) is 12.1 Å². The summed E-state index contributed by atoms with van der Waals surface area (Å²) in [4.78, 5) is 0. The van der Waals surface area contributed by atoms with Crippen molar-refractivity contribution in [3.8, 4) is 17.2 Å². The summed E-state index contributed by atoms with van der Waals surface area (Å²) in [6.45, 7) is 0. The summed E-state index contributed by atoms with van der Waals surface area (Å²) in [5, 5.41) is 0. The molecule has 2 N–H and O–H groups in total. The van der Waals surface area contributed by atoms with E-state index in [4.69, 9.17) is 19.9 Å². The Labute approximate surface area is 120 Å². The number of nitrogens with two attached hydrogens (primary N) is 1. The fourth-order valence-electron chi connectivity index (χ4n) is 2.16. The first kappa shape index (κ1) is 15.9. The van der Waals surface area contributed by atoms with Crippen molar-refractivity contribution < 1.29 is 14.2 Å². The third kappa shape index (κ3) is 3.67. The largest absolute Gasteiger partial charge is 0.493 e. The molecule has 0 radical (unpaired) electrons. The summed E-state index contributed by atoms with van der Waals surface area (Å²) in [7, 11) is 4.84. The van der Waals surface area contributed by atoms with E-state index in [2.05, 4.69) is 0 Å². The number of methoxy groups -OCH3 is 3. The van der Waals surface area contributed by atoms with E-state index in [0.29, 0.717) is 17.2 Å². The average Bonchev–Trinajstić information content (AvgIpc) is 3.20. The molecule has 0 saturated heterocycles. The van der Waals surface area contributed by atoms with Gasteiger partial charge in [-0.2, -0.15) is 0 Å². The minimum absolute atomic E-state index is 0. The highest BCUT2D eigenvalue weighted by Crippen LogP contribution is 2.42. The van der Waals surface area contributed by atoms with E-state index in [0.717, 1.165) is 17.9 Å². The van der Waals surface area contributed by atoms with Crippen LogP contribution in [0.1, 0.15) is 30.9 Å². The Morgan fingerprint density at radius 2 is 1.63 bits per heavy atom. The van der Waals surface area contributed by atoms with Crippen molar-refractivity contribution in [1.82, 2.24) is 0 Å². The molecule has 1 fully saturated rings. The van der Waals surface area contributed by atoms with Crippen LogP contribution in [-0.4, -0.2) is 21.3 Å². The van der Waals surface area contributed by atoms with Gasteiger partial charge in [0, 0.05) is 6.04 Å². The van der Waals surface area contributed by atoms with Gasteiger partial charge in [-0.3, -0.25) is 0 Å². The van der Waals surface area contributed by atoms with E-state index in [9.17, 15) is 0 Å². The number of hydrogen-bond acceptors (Lipinski definition) is 4. The van der Waals surface area contributed by atoms with Gasteiger partial charge >= 0.3 is 0 Å². The molecule has 1 aliphatic rings. The van der Waals surface area contributed by atoms with Crippen molar-refractivity contribution >= 4 is 12.4 Å². The number of rotatable bonds is 6. The van der Waals surface area contributed by atoms with Gasteiger partial charge in [-0.1, -0.05) is 12.8 Å². The molecule has 0 bridgehead atoms. The topological polar surface area (TPSA) is 53.7 Å². The molecule has 5 heteroatoms. The third-order valence-corrected chi connectivity index (χ3v) is 3.40. The first-order valence-electron chi connectivity index (χ1n) is 6.25. The normalized spacial score (nSPS) is 15.4. The summed E-state index contributed by atoms with van der Waals surface area (Å²) in [5.74, 6) is 2.73. The summed E-state index contributed by atoms with van der Waals surface area (Å²) >= 11 is 0. The third-order valence-electron chi connectivity index (χ3n) is 3.40. The van der Waals surface area contributed by atoms with Crippen LogP contribution in [0.4, 0.5) is 0 Å². The van der Waals surface area contributed by atoms with Crippen LogP contribution in [0.2, 0.25) is 0 Å². The fraction of sp³-hybridized carbons (Fsp3) is 0.571. The predicted molar refractivity (Wildman–Crippen MR) is 77.6 cm³/mol. The Morgan fingerprint density at radius 1 is 1.11 bits per heavy atom. The van der Waals surface area contributed by atoms with E-state index in [-0.39, 0.29) is 18.4 Å². The number of halogens is 1. The molecule has 108 valence electrons. The predicted octanol–water partition coefficient (Wildman–Crippen LogP) is 2.93. The van der Waals surface area contributed by atoms with Gasteiger partial charge in [0.15, 0.2) is 11.5 Å². The number of ether oxygens (including phenoxy) is 3. The molecule has 0 aliphatic heterocycles. The number of hydrogen-bond donors (Lipinski definition) is 1. The molecule has 1 aromatic carbocycles. The summed E-state index contributed by atoms with van der Waals surface area (Å²) in [5.41, 5.74) is 7.26. The maximum atomic E-state index is 6.22. The Balaban J connectivity index is 0.00000180. The molecule has 0 spiro atoms. The van der Waals surface area contributed by atoms with Gasteiger partial charge in [-0.05, 0) is 30.0 Å². The molecule has 4 nitrogen and oxygen atoms in total. The molecule has 2 rings (SSSR count). The smallest absolute Gasteiger partial charge is 0.203 e. The summed E-state index contributed by atoms with van der Waals surface area (Å²) < 4.78 is 16.0. The van der Waals surface area contributed by atoms with Crippen molar-refractivity contribution in [3.63, 3.8) is 0 Å². The van der Waals surface area contributed by atoms with E-state index < -0.39 is 0 Å². The molecule has 1 saturated carbocycles. The van der Waals surface area contributed by atoms with E-state index in [1.165, 1.54) is 12.8 Å². The Hall–Kier alpha value is -1.13. The Bertz CT molecular complexity index is 396. The molecule has 1 aliphatic carbocycles. The Kier molecular flexibility index (Phi) is 5.76. The van der Waals surface area contributed by atoms with Crippen molar-refractivity contribution in [3.05, 3.63) is 17.7 Å². The van der Waals surface area contributed by atoms with Crippen LogP contribution in [0.5, 0.6) is 17.2 Å². The quantitative estimate of drug-likeness (QED) is 0.874. The number of benzene rings is 1. The zero-order chi connectivity index (χ0) is 13.1. The van der Waals surface area contributed by atoms with Crippen molar-refractivity contribution in [2.45, 2.75) is 25.3 Å². The standard InChI is InChI=1S/C14H21NO3.ClH/c1-16-12-7-10(11(15)6-9-4-5-9)8-13(17-2)14(12)18-3;/h7-9,11H,4-6,15H2,1-3H3;1H/t11-;/m1./s1. The highest BCUT2D eigenvalue weighted by Gasteiger charge is 2.25. The van der Waals surface area contributed by atoms with Gasteiger partial charge in [0.05, 0.1) is 21.3 Å². The van der Waals surface area contributed by atoms with Crippen LogP contribution in [-0.2, 0) is 0 Å². The van der Waals surface area contributed by atoms with E-state index >= 15 is 0 Å². The fourth-order valence-corrected chi connectivity index (χ4v) is 2.16. The van der Waals surface area contributed by atoms with Crippen LogP contribution >= 0.6 is 12.4 Å². The minimum Gasteiger partial charge on any atom is -0.493 e. The van der Waals surface area contributed by atoms with Gasteiger partial charge < -0.3 is 19.9 Å². The van der Waals surface area contributed by atoms with Gasteiger partial charge in [0.25, 0.3) is 0 Å². The molecule has 0 heterocycles. The van der Waals surface area contributed by atoms with Crippen molar-refractivity contribution in [2.24, 2.45) is 11.7 Å². The van der Waals surface area contributed by atoms with Crippen LogP contribution in [0, 0.1) is 5.92 Å². The molecular weight excluding hydrogens is 266 g/mol. The highest BCUT2D eigenvalue weighted by atomic mass is 35.5. The molecular formula is C14H22ClNO3.